The van der Waals surface area contributed by atoms with E-state index in [2.05, 4.69) is 10.3 Å². The Balaban J connectivity index is 2.51. The molecule has 1 aromatic heterocycles. The van der Waals surface area contributed by atoms with E-state index in [0.717, 1.165) is 6.42 Å². The molecule has 0 aromatic carbocycles. The molecule has 0 bridgehead atoms. The number of nitro groups is 1. The van der Waals surface area contributed by atoms with Crippen LogP contribution in [0, 0.1) is 16.7 Å². The van der Waals surface area contributed by atoms with Gasteiger partial charge in [-0.05, 0) is 12.5 Å². The van der Waals surface area contributed by atoms with Gasteiger partial charge in [-0.25, -0.2) is 4.98 Å². The molecule has 1 heterocycles. The van der Waals surface area contributed by atoms with Gasteiger partial charge in [0, 0.05) is 19.2 Å². The Labute approximate surface area is 81.3 Å². The zero-order chi connectivity index (χ0) is 10.4. The van der Waals surface area contributed by atoms with E-state index in [-0.39, 0.29) is 5.69 Å². The van der Waals surface area contributed by atoms with Gasteiger partial charge in [0.05, 0.1) is 4.92 Å². The highest BCUT2D eigenvalue weighted by atomic mass is 16.6. The van der Waals surface area contributed by atoms with E-state index in [0.29, 0.717) is 12.4 Å². The van der Waals surface area contributed by atoms with E-state index in [1.807, 2.05) is 0 Å². The quantitative estimate of drug-likeness (QED) is 0.413. The maximum atomic E-state index is 10.3. The van der Waals surface area contributed by atoms with Gasteiger partial charge >= 0.3 is 0 Å². The Morgan fingerprint density at radius 1 is 1.64 bits per heavy atom. The molecule has 0 atom stereocenters. The second kappa shape index (κ2) is 5.13. The molecule has 6 heteroatoms. The van der Waals surface area contributed by atoms with Crippen molar-refractivity contribution in [3.63, 3.8) is 0 Å². The number of nitrogens with one attached hydrogen (secondary N) is 1. The lowest BCUT2D eigenvalue weighted by Gasteiger charge is -2.02. The largest absolute Gasteiger partial charge is 0.370 e. The van der Waals surface area contributed by atoms with E-state index in [4.69, 9.17) is 5.73 Å². The van der Waals surface area contributed by atoms with Crippen LogP contribution in [0.1, 0.15) is 6.42 Å². The highest BCUT2D eigenvalue weighted by Gasteiger charge is 2.04. The Morgan fingerprint density at radius 2 is 2.43 bits per heavy atom. The van der Waals surface area contributed by atoms with Crippen LogP contribution in [0.4, 0.5) is 11.5 Å². The van der Waals surface area contributed by atoms with Crippen LogP contribution in [-0.2, 0) is 0 Å². The van der Waals surface area contributed by atoms with Gasteiger partial charge in [-0.3, -0.25) is 10.1 Å². The lowest BCUT2D eigenvalue weighted by atomic mass is 10.4. The van der Waals surface area contributed by atoms with Gasteiger partial charge in [-0.15, -0.1) is 0 Å². The standard InChI is InChI=1S/C8H11N4O2/c9-4-1-5-10-8-3-2-7(6-11-8)12(13)14/h2-4,6H,1,5,9H2,(H,10,11). The molecule has 1 rings (SSSR count). The third kappa shape index (κ3) is 2.98. The molecule has 1 radical (unpaired) electrons. The van der Waals surface area contributed by atoms with E-state index in [9.17, 15) is 10.1 Å². The minimum atomic E-state index is -0.482. The summed E-state index contributed by atoms with van der Waals surface area (Å²) in [5.74, 6) is 0.609. The molecule has 1 aromatic rings. The van der Waals surface area contributed by atoms with Crippen LogP contribution in [0.25, 0.3) is 0 Å². The van der Waals surface area contributed by atoms with Crippen LogP contribution in [-0.4, -0.2) is 16.5 Å². The molecular formula is C8H11N4O2. The molecule has 0 fully saturated rings. The molecule has 75 valence electrons. The van der Waals surface area contributed by atoms with Gasteiger partial charge in [0.2, 0.25) is 0 Å². The zero-order valence-electron chi connectivity index (χ0n) is 7.51. The summed E-state index contributed by atoms with van der Waals surface area (Å²) in [7, 11) is 0. The Hall–Kier alpha value is -1.69. The Kier molecular flexibility index (Phi) is 3.81. The van der Waals surface area contributed by atoms with Gasteiger partial charge in [0.25, 0.3) is 5.69 Å². The molecule has 0 aliphatic rings. The molecule has 0 unspecified atom stereocenters. The first kappa shape index (κ1) is 10.4. The predicted octanol–water partition coefficient (Wildman–Crippen LogP) is 0.912. The van der Waals surface area contributed by atoms with Crippen molar-refractivity contribution in [2.75, 3.05) is 11.9 Å². The van der Waals surface area contributed by atoms with Crippen LogP contribution in [0.3, 0.4) is 0 Å². The second-order valence-electron chi connectivity index (χ2n) is 2.61. The first-order valence-electron chi connectivity index (χ1n) is 4.12. The SMILES string of the molecule is N[CH]CCNc1ccc([N+](=O)[O-])cn1. The van der Waals surface area contributed by atoms with Gasteiger partial charge in [0.1, 0.15) is 12.0 Å². The minimum absolute atomic E-state index is 0.0130. The van der Waals surface area contributed by atoms with Crippen molar-refractivity contribution in [2.24, 2.45) is 5.73 Å². The number of nitrogens with zero attached hydrogens (tertiary/aromatic N) is 2. The zero-order valence-corrected chi connectivity index (χ0v) is 7.51. The number of nitrogens with two attached hydrogens (primary N) is 1. The van der Waals surface area contributed by atoms with Crippen molar-refractivity contribution < 1.29 is 4.92 Å². The van der Waals surface area contributed by atoms with Crippen LogP contribution in [0.2, 0.25) is 0 Å². The van der Waals surface area contributed by atoms with Gasteiger partial charge in [0.15, 0.2) is 0 Å². The van der Waals surface area contributed by atoms with E-state index in [1.165, 1.54) is 12.3 Å². The summed E-state index contributed by atoms with van der Waals surface area (Å²) in [5, 5.41) is 13.3. The number of hydrogen-bond donors (Lipinski definition) is 2. The van der Waals surface area contributed by atoms with Gasteiger partial charge in [-0.1, -0.05) is 0 Å². The van der Waals surface area contributed by atoms with Crippen molar-refractivity contribution in [3.8, 4) is 0 Å². The maximum Gasteiger partial charge on any atom is 0.287 e. The minimum Gasteiger partial charge on any atom is -0.370 e. The molecule has 0 saturated heterocycles. The topological polar surface area (TPSA) is 94.1 Å². The molecule has 0 saturated carbocycles. The second-order valence-corrected chi connectivity index (χ2v) is 2.61. The molecule has 14 heavy (non-hydrogen) atoms. The maximum absolute atomic E-state index is 10.3. The Bertz CT molecular complexity index is 299. The molecule has 0 amide bonds. The van der Waals surface area contributed by atoms with Crippen LogP contribution < -0.4 is 11.1 Å². The number of aromatic nitrogens is 1. The Morgan fingerprint density at radius 3 is 2.93 bits per heavy atom. The third-order valence-corrected chi connectivity index (χ3v) is 1.58. The fraction of sp³-hybridized carbons (Fsp3) is 0.250. The molecule has 3 N–H and O–H groups in total. The third-order valence-electron chi connectivity index (χ3n) is 1.58. The molecule has 0 aliphatic carbocycles. The van der Waals surface area contributed by atoms with Crippen LogP contribution in [0.5, 0.6) is 0 Å². The summed E-state index contributed by atoms with van der Waals surface area (Å²) in [6.45, 7) is 2.21. The monoisotopic (exact) mass is 195 g/mol. The summed E-state index contributed by atoms with van der Waals surface area (Å²) >= 11 is 0. The average molecular weight is 195 g/mol. The van der Waals surface area contributed by atoms with Crippen molar-refractivity contribution in [3.05, 3.63) is 35.0 Å². The predicted molar refractivity (Wildman–Crippen MR) is 52.5 cm³/mol. The number of rotatable bonds is 5. The van der Waals surface area contributed by atoms with Crippen molar-refractivity contribution in [2.45, 2.75) is 6.42 Å². The van der Waals surface area contributed by atoms with Gasteiger partial charge < -0.3 is 11.1 Å². The molecule has 0 aliphatic heterocycles. The molecule has 6 nitrogen and oxygen atoms in total. The van der Waals surface area contributed by atoms with Crippen molar-refractivity contribution >= 4 is 11.5 Å². The summed E-state index contributed by atoms with van der Waals surface area (Å²) in [4.78, 5) is 13.7. The van der Waals surface area contributed by atoms with Crippen LogP contribution >= 0.6 is 0 Å². The lowest BCUT2D eigenvalue weighted by molar-refractivity contribution is -0.385. The lowest BCUT2D eigenvalue weighted by Crippen LogP contribution is -2.05. The fourth-order valence-corrected chi connectivity index (χ4v) is 0.882. The number of anilines is 1. The van der Waals surface area contributed by atoms with Crippen LogP contribution in [0.15, 0.2) is 18.3 Å². The fourth-order valence-electron chi connectivity index (χ4n) is 0.882. The van der Waals surface area contributed by atoms with E-state index >= 15 is 0 Å². The molecule has 0 spiro atoms. The summed E-state index contributed by atoms with van der Waals surface area (Å²) in [5.41, 5.74) is 5.17. The summed E-state index contributed by atoms with van der Waals surface area (Å²) in [6.07, 6.45) is 1.94. The summed E-state index contributed by atoms with van der Waals surface area (Å²) in [6, 6.07) is 2.97. The molecular weight excluding hydrogens is 184 g/mol. The van der Waals surface area contributed by atoms with E-state index < -0.39 is 4.92 Å². The number of pyridine rings is 1. The normalized spacial score (nSPS) is 9.79. The summed E-state index contributed by atoms with van der Waals surface area (Å²) < 4.78 is 0. The van der Waals surface area contributed by atoms with Crippen molar-refractivity contribution in [1.82, 2.24) is 4.98 Å². The highest BCUT2D eigenvalue weighted by Crippen LogP contribution is 2.11. The highest BCUT2D eigenvalue weighted by molar-refractivity contribution is 5.39. The van der Waals surface area contributed by atoms with Crippen molar-refractivity contribution in [1.29, 1.82) is 0 Å². The first-order chi connectivity index (χ1) is 6.74. The first-order valence-corrected chi connectivity index (χ1v) is 4.12. The average Bonchev–Trinajstić information content (AvgIpc) is 2.19. The van der Waals surface area contributed by atoms with Gasteiger partial charge in [-0.2, -0.15) is 0 Å². The smallest absolute Gasteiger partial charge is 0.287 e. The van der Waals surface area contributed by atoms with E-state index in [1.54, 1.807) is 12.6 Å². The number of hydrogen-bond acceptors (Lipinski definition) is 5.